The molecule has 0 aliphatic heterocycles. The SMILES string of the molecule is N=C(N)N[c-]1cccc1.[Fe+2].c1cc[cH-]c1. The quantitative estimate of drug-likeness (QED) is 0.311. The van der Waals surface area contributed by atoms with Crippen LogP contribution < -0.4 is 11.1 Å². The van der Waals surface area contributed by atoms with Gasteiger partial charge in [-0.3, -0.25) is 0 Å². The molecule has 0 atom stereocenters. The Bertz CT molecular complexity index is 321. The van der Waals surface area contributed by atoms with E-state index >= 15 is 0 Å². The molecule has 0 aliphatic carbocycles. The van der Waals surface area contributed by atoms with Crippen molar-refractivity contribution < 1.29 is 17.1 Å². The van der Waals surface area contributed by atoms with Crippen LogP contribution in [0.3, 0.4) is 0 Å². The molecule has 0 heterocycles. The van der Waals surface area contributed by atoms with Gasteiger partial charge in [0.1, 0.15) is 5.96 Å². The summed E-state index contributed by atoms with van der Waals surface area (Å²) in [7, 11) is 0. The van der Waals surface area contributed by atoms with E-state index in [0.717, 1.165) is 5.69 Å². The Morgan fingerprint density at radius 1 is 1.13 bits per heavy atom. The van der Waals surface area contributed by atoms with Gasteiger partial charge in [-0.1, -0.05) is 5.69 Å². The van der Waals surface area contributed by atoms with Crippen LogP contribution in [0.4, 0.5) is 5.69 Å². The average molecular weight is 243 g/mol. The summed E-state index contributed by atoms with van der Waals surface area (Å²) in [6.07, 6.45) is 0. The number of guanidine groups is 1. The first-order valence-electron chi connectivity index (χ1n) is 4.28. The van der Waals surface area contributed by atoms with Crippen molar-refractivity contribution in [2.75, 3.05) is 5.32 Å². The average Bonchev–Trinajstić information content (AvgIpc) is 2.75. The van der Waals surface area contributed by atoms with Gasteiger partial charge in [-0.15, -0.1) is 12.1 Å². The second-order valence-corrected chi connectivity index (χ2v) is 2.67. The summed E-state index contributed by atoms with van der Waals surface area (Å²) in [5, 5.41) is 9.48. The van der Waals surface area contributed by atoms with Crippen LogP contribution in [0, 0.1) is 5.41 Å². The number of nitrogens with two attached hydrogens (primary N) is 1. The Morgan fingerprint density at radius 3 is 2.00 bits per heavy atom. The second-order valence-electron chi connectivity index (χ2n) is 2.67. The van der Waals surface area contributed by atoms with Crippen LogP contribution >= 0.6 is 0 Å². The Hall–Kier alpha value is -1.51. The number of nitrogens with one attached hydrogen (secondary N) is 2. The van der Waals surface area contributed by atoms with Crippen molar-refractivity contribution in [3.63, 3.8) is 0 Å². The van der Waals surface area contributed by atoms with E-state index in [-0.39, 0.29) is 23.0 Å². The third-order valence-electron chi connectivity index (χ3n) is 1.50. The minimum absolute atomic E-state index is 0. The van der Waals surface area contributed by atoms with Gasteiger partial charge < -0.3 is 16.5 Å². The fourth-order valence-corrected chi connectivity index (χ4v) is 0.934. The normalized spacial score (nSPS) is 8.00. The van der Waals surface area contributed by atoms with Gasteiger partial charge in [0.2, 0.25) is 0 Å². The third kappa shape index (κ3) is 6.55. The largest absolute Gasteiger partial charge is 2.00 e. The maximum Gasteiger partial charge on any atom is 2.00 e. The van der Waals surface area contributed by atoms with Crippen LogP contribution in [-0.4, -0.2) is 5.96 Å². The maximum atomic E-state index is 6.84. The Balaban J connectivity index is 0.000000280. The van der Waals surface area contributed by atoms with Gasteiger partial charge in [-0.05, 0) is 0 Å². The van der Waals surface area contributed by atoms with E-state index in [2.05, 4.69) is 5.32 Å². The van der Waals surface area contributed by atoms with Gasteiger partial charge in [-0.2, -0.15) is 30.3 Å². The van der Waals surface area contributed by atoms with Gasteiger partial charge in [0.25, 0.3) is 0 Å². The molecule has 0 fully saturated rings. The van der Waals surface area contributed by atoms with E-state index in [9.17, 15) is 0 Å². The molecule has 0 saturated carbocycles. The molecule has 2 rings (SSSR count). The molecule has 0 spiro atoms. The molecule has 2 aromatic carbocycles. The van der Waals surface area contributed by atoms with Crippen LogP contribution in [0.15, 0.2) is 54.6 Å². The summed E-state index contributed by atoms with van der Waals surface area (Å²) >= 11 is 0. The monoisotopic (exact) mass is 243 g/mol. The van der Waals surface area contributed by atoms with Crippen molar-refractivity contribution in [2.45, 2.75) is 0 Å². The molecule has 0 aromatic heterocycles. The number of rotatable bonds is 1. The van der Waals surface area contributed by atoms with Crippen LogP contribution in [0.2, 0.25) is 0 Å². The Morgan fingerprint density at radius 2 is 1.67 bits per heavy atom. The molecule has 0 unspecified atom stereocenters. The number of anilines is 1. The van der Waals surface area contributed by atoms with Crippen LogP contribution in [0.1, 0.15) is 0 Å². The van der Waals surface area contributed by atoms with Crippen molar-refractivity contribution in [3.05, 3.63) is 54.6 Å². The zero-order valence-corrected chi connectivity index (χ0v) is 9.23. The van der Waals surface area contributed by atoms with Crippen molar-refractivity contribution >= 4 is 11.6 Å². The number of hydrogen-bond acceptors (Lipinski definition) is 1. The van der Waals surface area contributed by atoms with E-state index in [1.807, 2.05) is 54.6 Å². The number of hydrogen-bond donors (Lipinski definition) is 3. The molecule has 0 saturated heterocycles. The van der Waals surface area contributed by atoms with Crippen molar-refractivity contribution in [3.8, 4) is 0 Å². The van der Waals surface area contributed by atoms with E-state index in [4.69, 9.17) is 11.1 Å². The summed E-state index contributed by atoms with van der Waals surface area (Å²) in [5.41, 5.74) is 5.92. The summed E-state index contributed by atoms with van der Waals surface area (Å²) in [5.74, 6) is -0.0267. The van der Waals surface area contributed by atoms with Crippen molar-refractivity contribution in [2.24, 2.45) is 5.73 Å². The fourth-order valence-electron chi connectivity index (χ4n) is 0.934. The molecule has 4 N–H and O–H groups in total. The van der Waals surface area contributed by atoms with E-state index in [1.54, 1.807) is 0 Å². The molecule has 2 aromatic rings. The van der Waals surface area contributed by atoms with Gasteiger partial charge in [0.05, 0.1) is 0 Å². The molecule has 0 amide bonds. The van der Waals surface area contributed by atoms with Crippen LogP contribution in [0.5, 0.6) is 0 Å². The smallest absolute Gasteiger partial charge is 0.408 e. The molecule has 0 radical (unpaired) electrons. The zero-order chi connectivity index (χ0) is 10.2. The minimum atomic E-state index is -0.0267. The predicted octanol–water partition coefficient (Wildman–Crippen LogP) is 2.11. The van der Waals surface area contributed by atoms with E-state index in [1.165, 1.54) is 0 Å². The third-order valence-corrected chi connectivity index (χ3v) is 1.50. The van der Waals surface area contributed by atoms with Crippen molar-refractivity contribution in [1.29, 1.82) is 5.41 Å². The second kappa shape index (κ2) is 7.85. The summed E-state index contributed by atoms with van der Waals surface area (Å²) < 4.78 is 0. The molecule has 80 valence electrons. The molecule has 15 heavy (non-hydrogen) atoms. The van der Waals surface area contributed by atoms with Gasteiger partial charge in [0.15, 0.2) is 0 Å². The molecule has 3 nitrogen and oxygen atoms in total. The van der Waals surface area contributed by atoms with Gasteiger partial charge in [-0.25, -0.2) is 12.1 Å². The minimum Gasteiger partial charge on any atom is -0.408 e. The summed E-state index contributed by atoms with van der Waals surface area (Å²) in [6.45, 7) is 0. The summed E-state index contributed by atoms with van der Waals surface area (Å²) in [6, 6.07) is 17.5. The Labute approximate surface area is 100 Å². The summed E-state index contributed by atoms with van der Waals surface area (Å²) in [4.78, 5) is 0. The van der Waals surface area contributed by atoms with Crippen LogP contribution in [0.25, 0.3) is 0 Å². The van der Waals surface area contributed by atoms with Crippen molar-refractivity contribution in [1.82, 2.24) is 0 Å². The first kappa shape index (κ1) is 13.5. The first-order chi connectivity index (χ1) is 6.79. The molecular weight excluding hydrogens is 230 g/mol. The molecular formula is C11H13FeN3. The standard InChI is InChI=1S/C6H8N3.C5H5.Fe/c7-6(8)9-5-3-1-2-4-5;1-2-4-5-3-1;/h1-4H,(H4,7,8,9);1-5H;/q2*-1;+2. The molecule has 0 bridgehead atoms. The first-order valence-corrected chi connectivity index (χ1v) is 4.28. The topological polar surface area (TPSA) is 61.9 Å². The zero-order valence-electron chi connectivity index (χ0n) is 8.13. The van der Waals surface area contributed by atoms with Gasteiger partial charge in [0, 0.05) is 0 Å². The maximum absolute atomic E-state index is 6.84. The Kier molecular flexibility index (Phi) is 7.06. The van der Waals surface area contributed by atoms with E-state index in [0.29, 0.717) is 0 Å². The predicted molar refractivity (Wildman–Crippen MR) is 59.6 cm³/mol. The molecule has 4 heteroatoms. The van der Waals surface area contributed by atoms with E-state index < -0.39 is 0 Å². The fraction of sp³-hybridized carbons (Fsp3) is 0. The van der Waals surface area contributed by atoms with Crippen LogP contribution in [-0.2, 0) is 17.1 Å². The molecule has 0 aliphatic rings. The van der Waals surface area contributed by atoms with Gasteiger partial charge >= 0.3 is 17.1 Å².